The normalized spacial score (nSPS) is 25.6. The molecule has 0 heterocycles. The third-order valence-corrected chi connectivity index (χ3v) is 3.22. The van der Waals surface area contributed by atoms with E-state index in [2.05, 4.69) is 6.92 Å². The van der Waals surface area contributed by atoms with Gasteiger partial charge in [-0.05, 0) is 12.8 Å². The summed E-state index contributed by atoms with van der Waals surface area (Å²) in [6.45, 7) is 2.13. The average molecular weight is 212 g/mol. The van der Waals surface area contributed by atoms with Crippen molar-refractivity contribution in [3.8, 4) is 0 Å². The number of esters is 1. The summed E-state index contributed by atoms with van der Waals surface area (Å²) < 4.78 is 4.73. The van der Waals surface area contributed by atoms with Crippen LogP contribution in [-0.4, -0.2) is 18.9 Å². The zero-order chi connectivity index (χ0) is 11.3. The predicted octanol–water partition coefficient (Wildman–Crippen LogP) is 2.33. The molecule has 0 amide bonds. The number of unbranched alkanes of at least 4 members (excludes halogenated alkanes) is 2. The Morgan fingerprint density at radius 1 is 1.47 bits per heavy atom. The molecule has 0 aromatic heterocycles. The summed E-state index contributed by atoms with van der Waals surface area (Å²) in [5.74, 6) is -0.188. The van der Waals surface area contributed by atoms with Crippen molar-refractivity contribution in [2.24, 2.45) is 11.8 Å². The minimum atomic E-state index is -0.206. The molecular weight excluding hydrogens is 192 g/mol. The number of rotatable bonds is 5. The van der Waals surface area contributed by atoms with Gasteiger partial charge in [0.1, 0.15) is 5.78 Å². The number of ketones is 1. The van der Waals surface area contributed by atoms with E-state index in [1.165, 1.54) is 7.11 Å². The Kier molecular flexibility index (Phi) is 4.79. The van der Waals surface area contributed by atoms with E-state index in [-0.39, 0.29) is 23.6 Å². The van der Waals surface area contributed by atoms with Crippen LogP contribution in [0.2, 0.25) is 0 Å². The number of Topliss-reactive ketones (excluding diaryl/α,β-unsaturated/α-hetero) is 1. The Morgan fingerprint density at radius 2 is 2.20 bits per heavy atom. The van der Waals surface area contributed by atoms with Crippen LogP contribution in [0.15, 0.2) is 0 Å². The molecule has 2 unspecified atom stereocenters. The largest absolute Gasteiger partial charge is 0.469 e. The first-order chi connectivity index (χ1) is 7.20. The fraction of sp³-hybridized carbons (Fsp3) is 0.833. The van der Waals surface area contributed by atoms with E-state index in [4.69, 9.17) is 4.74 Å². The highest BCUT2D eigenvalue weighted by molar-refractivity contribution is 5.90. The van der Waals surface area contributed by atoms with Crippen molar-refractivity contribution in [3.63, 3.8) is 0 Å². The monoisotopic (exact) mass is 212 g/mol. The summed E-state index contributed by atoms with van der Waals surface area (Å²) in [4.78, 5) is 23.0. The minimum absolute atomic E-state index is 0.0657. The lowest BCUT2D eigenvalue weighted by molar-refractivity contribution is -0.148. The Bertz CT molecular complexity index is 235. The second kappa shape index (κ2) is 5.89. The highest BCUT2D eigenvalue weighted by atomic mass is 16.5. The van der Waals surface area contributed by atoms with Crippen molar-refractivity contribution in [3.05, 3.63) is 0 Å². The number of carbonyl (C=O) groups excluding carboxylic acids is 2. The number of hydrogen-bond acceptors (Lipinski definition) is 3. The van der Waals surface area contributed by atoms with Crippen LogP contribution >= 0.6 is 0 Å². The van der Waals surface area contributed by atoms with Crippen LogP contribution in [0.4, 0.5) is 0 Å². The summed E-state index contributed by atoms with van der Waals surface area (Å²) >= 11 is 0. The van der Waals surface area contributed by atoms with Gasteiger partial charge in [-0.3, -0.25) is 9.59 Å². The van der Waals surface area contributed by atoms with Crippen LogP contribution in [0.1, 0.15) is 45.4 Å². The van der Waals surface area contributed by atoms with Gasteiger partial charge in [0, 0.05) is 12.3 Å². The summed E-state index contributed by atoms with van der Waals surface area (Å²) in [7, 11) is 1.40. The lowest BCUT2D eigenvalue weighted by atomic mass is 9.90. The van der Waals surface area contributed by atoms with Crippen molar-refractivity contribution in [1.82, 2.24) is 0 Å². The zero-order valence-corrected chi connectivity index (χ0v) is 9.62. The molecule has 3 heteroatoms. The van der Waals surface area contributed by atoms with E-state index in [0.29, 0.717) is 12.8 Å². The first-order valence-electron chi connectivity index (χ1n) is 5.81. The third kappa shape index (κ3) is 3.05. The highest BCUT2D eigenvalue weighted by Crippen LogP contribution is 2.33. The van der Waals surface area contributed by atoms with Crippen LogP contribution < -0.4 is 0 Å². The Balaban J connectivity index is 2.49. The molecule has 0 saturated heterocycles. The molecule has 1 aliphatic rings. The fourth-order valence-corrected chi connectivity index (χ4v) is 2.32. The lowest BCUT2D eigenvalue weighted by Crippen LogP contribution is -2.23. The molecule has 1 rings (SSSR count). The Labute approximate surface area is 91.2 Å². The molecule has 0 radical (unpaired) electrons. The maximum absolute atomic E-state index is 11.6. The number of carbonyl (C=O) groups is 2. The van der Waals surface area contributed by atoms with Crippen molar-refractivity contribution < 1.29 is 14.3 Å². The predicted molar refractivity (Wildman–Crippen MR) is 57.4 cm³/mol. The summed E-state index contributed by atoms with van der Waals surface area (Å²) in [6.07, 6.45) is 5.41. The molecule has 1 fully saturated rings. The summed E-state index contributed by atoms with van der Waals surface area (Å²) in [6, 6.07) is 0. The Morgan fingerprint density at radius 3 is 2.80 bits per heavy atom. The highest BCUT2D eigenvalue weighted by Gasteiger charge is 2.39. The van der Waals surface area contributed by atoms with Gasteiger partial charge in [-0.1, -0.05) is 26.2 Å². The van der Waals surface area contributed by atoms with Crippen LogP contribution in [-0.2, 0) is 14.3 Å². The van der Waals surface area contributed by atoms with Gasteiger partial charge in [-0.25, -0.2) is 0 Å². The van der Waals surface area contributed by atoms with Crippen LogP contribution in [0.25, 0.3) is 0 Å². The van der Waals surface area contributed by atoms with Crippen LogP contribution in [0.3, 0.4) is 0 Å². The SMILES string of the molecule is CCCCCC1C(=O)CCC1C(=O)OC. The molecule has 0 aliphatic heterocycles. The maximum Gasteiger partial charge on any atom is 0.309 e. The molecular formula is C12H20O3. The average Bonchev–Trinajstić information content (AvgIpc) is 2.60. The molecule has 0 aromatic rings. The molecule has 3 nitrogen and oxygen atoms in total. The van der Waals surface area contributed by atoms with Gasteiger partial charge in [0.05, 0.1) is 13.0 Å². The molecule has 86 valence electrons. The molecule has 0 spiro atoms. The second-order valence-corrected chi connectivity index (χ2v) is 4.24. The van der Waals surface area contributed by atoms with Crippen molar-refractivity contribution in [2.75, 3.05) is 7.11 Å². The minimum Gasteiger partial charge on any atom is -0.469 e. The second-order valence-electron chi connectivity index (χ2n) is 4.24. The van der Waals surface area contributed by atoms with E-state index < -0.39 is 0 Å². The van der Waals surface area contributed by atoms with Crippen molar-refractivity contribution in [1.29, 1.82) is 0 Å². The van der Waals surface area contributed by atoms with Crippen LogP contribution in [0.5, 0.6) is 0 Å². The lowest BCUT2D eigenvalue weighted by Gasteiger charge is -2.15. The molecule has 0 N–H and O–H groups in total. The summed E-state index contributed by atoms with van der Waals surface area (Å²) in [5.41, 5.74) is 0. The van der Waals surface area contributed by atoms with E-state index in [1.807, 2.05) is 0 Å². The van der Waals surface area contributed by atoms with Gasteiger partial charge in [-0.15, -0.1) is 0 Å². The van der Waals surface area contributed by atoms with E-state index in [1.54, 1.807) is 0 Å². The van der Waals surface area contributed by atoms with E-state index >= 15 is 0 Å². The van der Waals surface area contributed by atoms with Gasteiger partial charge in [0.25, 0.3) is 0 Å². The standard InChI is InChI=1S/C12H20O3/c1-3-4-5-6-9-10(12(14)15-2)7-8-11(9)13/h9-10H,3-8H2,1-2H3. The molecule has 1 aliphatic carbocycles. The maximum atomic E-state index is 11.6. The zero-order valence-electron chi connectivity index (χ0n) is 9.62. The van der Waals surface area contributed by atoms with E-state index in [9.17, 15) is 9.59 Å². The molecule has 0 bridgehead atoms. The molecule has 15 heavy (non-hydrogen) atoms. The fourth-order valence-electron chi connectivity index (χ4n) is 2.32. The van der Waals surface area contributed by atoms with Gasteiger partial charge in [-0.2, -0.15) is 0 Å². The molecule has 1 saturated carbocycles. The number of ether oxygens (including phenoxy) is 1. The quantitative estimate of drug-likeness (QED) is 0.519. The number of methoxy groups -OCH3 is 1. The Hall–Kier alpha value is -0.860. The van der Waals surface area contributed by atoms with Gasteiger partial charge < -0.3 is 4.74 Å². The topological polar surface area (TPSA) is 43.4 Å². The van der Waals surface area contributed by atoms with Crippen molar-refractivity contribution in [2.45, 2.75) is 45.4 Å². The summed E-state index contributed by atoms with van der Waals surface area (Å²) in [5, 5.41) is 0. The van der Waals surface area contributed by atoms with Gasteiger partial charge in [0.15, 0.2) is 0 Å². The van der Waals surface area contributed by atoms with Crippen LogP contribution in [0, 0.1) is 11.8 Å². The van der Waals surface area contributed by atoms with Gasteiger partial charge in [0.2, 0.25) is 0 Å². The molecule has 0 aromatic carbocycles. The molecule has 2 atom stereocenters. The smallest absolute Gasteiger partial charge is 0.309 e. The van der Waals surface area contributed by atoms with Gasteiger partial charge >= 0.3 is 5.97 Å². The van der Waals surface area contributed by atoms with E-state index in [0.717, 1.165) is 25.7 Å². The first-order valence-corrected chi connectivity index (χ1v) is 5.81. The van der Waals surface area contributed by atoms with Crippen molar-refractivity contribution >= 4 is 11.8 Å². The first kappa shape index (κ1) is 12.2. The third-order valence-electron chi connectivity index (χ3n) is 3.22. The number of hydrogen-bond donors (Lipinski definition) is 0.